The molecule has 1 fully saturated rings. The number of hydrogen-bond donors (Lipinski definition) is 1. The Bertz CT molecular complexity index is 550. The summed E-state index contributed by atoms with van der Waals surface area (Å²) in [6.07, 6.45) is 2.10. The fourth-order valence-electron chi connectivity index (χ4n) is 2.71. The van der Waals surface area contributed by atoms with Crippen LogP contribution in [-0.2, 0) is 0 Å². The molecule has 0 spiro atoms. The van der Waals surface area contributed by atoms with Crippen molar-refractivity contribution >= 4 is 11.4 Å². The first-order chi connectivity index (χ1) is 9.79. The molecule has 1 aliphatic rings. The molecule has 0 aliphatic carbocycles. The largest absolute Gasteiger partial charge is 0.380 e. The van der Waals surface area contributed by atoms with E-state index in [0.717, 1.165) is 45.6 Å². The quantitative estimate of drug-likeness (QED) is 0.659. The Morgan fingerprint density at radius 3 is 2.29 bits per heavy atom. The molecule has 0 unspecified atom stereocenters. The standard InChI is InChI=1S/C16H27N3O2.H2/c1-16(2,3)6-5-7-17-12-13(15(21)14(12)20)19-10-8-18(4)9-11-19;/h17H,5-11H2,1-4H3;1H. The minimum absolute atomic E-state index is 0. The van der Waals surface area contributed by atoms with Crippen LogP contribution in [0.1, 0.15) is 35.0 Å². The van der Waals surface area contributed by atoms with Gasteiger partial charge in [-0.2, -0.15) is 0 Å². The van der Waals surface area contributed by atoms with Gasteiger partial charge < -0.3 is 15.1 Å². The van der Waals surface area contributed by atoms with E-state index in [1.807, 2.05) is 0 Å². The van der Waals surface area contributed by atoms with Crippen molar-refractivity contribution in [1.29, 1.82) is 0 Å². The highest BCUT2D eigenvalue weighted by Crippen LogP contribution is 2.23. The summed E-state index contributed by atoms with van der Waals surface area (Å²) in [7, 11) is 2.07. The lowest BCUT2D eigenvalue weighted by molar-refractivity contribution is 0.312. The molecule has 5 nitrogen and oxygen atoms in total. The van der Waals surface area contributed by atoms with Crippen molar-refractivity contribution in [3.63, 3.8) is 0 Å². The zero-order valence-electron chi connectivity index (χ0n) is 13.7. The van der Waals surface area contributed by atoms with Crippen LogP contribution >= 0.6 is 0 Å². The molecule has 0 radical (unpaired) electrons. The summed E-state index contributed by atoms with van der Waals surface area (Å²) in [5.41, 5.74) is 0.787. The van der Waals surface area contributed by atoms with Crippen LogP contribution in [0.25, 0.3) is 0 Å². The van der Waals surface area contributed by atoms with E-state index in [1.54, 1.807) is 0 Å². The molecule has 1 aromatic carbocycles. The normalized spacial score (nSPS) is 17.4. The van der Waals surface area contributed by atoms with Crippen LogP contribution in [-0.4, -0.2) is 44.7 Å². The third-order valence-electron chi connectivity index (χ3n) is 4.11. The molecule has 0 aromatic heterocycles. The highest BCUT2D eigenvalue weighted by atomic mass is 16.2. The first-order valence-corrected chi connectivity index (χ1v) is 7.80. The number of likely N-dealkylation sites (N-methyl/N-ethyl adjacent to an activating group) is 1. The lowest BCUT2D eigenvalue weighted by Crippen LogP contribution is -2.50. The van der Waals surface area contributed by atoms with Gasteiger partial charge in [0.05, 0.1) is 0 Å². The predicted molar refractivity (Wildman–Crippen MR) is 90.4 cm³/mol. The number of nitrogens with one attached hydrogen (secondary N) is 1. The average Bonchev–Trinajstić information content (AvgIpc) is 2.42. The topological polar surface area (TPSA) is 52.6 Å². The fourth-order valence-corrected chi connectivity index (χ4v) is 2.71. The van der Waals surface area contributed by atoms with Crippen LogP contribution < -0.4 is 21.1 Å². The molecule has 5 heteroatoms. The van der Waals surface area contributed by atoms with Crippen LogP contribution in [0, 0.1) is 5.41 Å². The summed E-state index contributed by atoms with van der Waals surface area (Å²) in [4.78, 5) is 27.9. The Morgan fingerprint density at radius 1 is 1.10 bits per heavy atom. The molecular weight excluding hydrogens is 266 g/mol. The summed E-state index contributed by atoms with van der Waals surface area (Å²) in [5.74, 6) is 0. The summed E-state index contributed by atoms with van der Waals surface area (Å²) >= 11 is 0. The van der Waals surface area contributed by atoms with Crippen molar-refractivity contribution in [2.24, 2.45) is 5.41 Å². The molecule has 1 aliphatic heterocycles. The fraction of sp³-hybridized carbons (Fsp3) is 0.750. The maximum atomic E-state index is 11.8. The zero-order chi connectivity index (χ0) is 15.6. The maximum absolute atomic E-state index is 11.8. The van der Waals surface area contributed by atoms with Crippen molar-refractivity contribution in [2.75, 3.05) is 50.0 Å². The molecule has 2 rings (SSSR count). The second-order valence-electron chi connectivity index (χ2n) is 7.26. The molecule has 1 N–H and O–H groups in total. The predicted octanol–water partition coefficient (Wildman–Crippen LogP) is 1.52. The lowest BCUT2D eigenvalue weighted by Gasteiger charge is -2.35. The molecule has 1 saturated heterocycles. The smallest absolute Gasteiger partial charge is 0.253 e. The van der Waals surface area contributed by atoms with Crippen LogP contribution in [0.3, 0.4) is 0 Å². The van der Waals surface area contributed by atoms with E-state index in [1.165, 1.54) is 0 Å². The first-order valence-electron chi connectivity index (χ1n) is 7.80. The van der Waals surface area contributed by atoms with Crippen molar-refractivity contribution < 1.29 is 1.43 Å². The Hall–Kier alpha value is -1.36. The van der Waals surface area contributed by atoms with E-state index in [9.17, 15) is 9.59 Å². The van der Waals surface area contributed by atoms with Crippen molar-refractivity contribution in [1.82, 2.24) is 4.90 Å². The third-order valence-corrected chi connectivity index (χ3v) is 4.11. The van der Waals surface area contributed by atoms with Gasteiger partial charge in [0.1, 0.15) is 11.4 Å². The number of rotatable bonds is 5. The summed E-state index contributed by atoms with van der Waals surface area (Å²) in [5, 5.41) is 3.18. The Kier molecular flexibility index (Phi) is 4.71. The van der Waals surface area contributed by atoms with Gasteiger partial charge in [-0.15, -0.1) is 0 Å². The Labute approximate surface area is 128 Å². The molecule has 0 bridgehead atoms. The van der Waals surface area contributed by atoms with E-state index in [-0.39, 0.29) is 12.3 Å². The van der Waals surface area contributed by atoms with Gasteiger partial charge in [-0.1, -0.05) is 20.8 Å². The van der Waals surface area contributed by atoms with Crippen LogP contribution in [0.2, 0.25) is 0 Å². The van der Waals surface area contributed by atoms with Gasteiger partial charge in [-0.05, 0) is 25.3 Å². The SMILES string of the molecule is CN1CCN(c2c(NCCCC(C)(C)C)c(=O)c2=O)CC1.[HH]. The summed E-state index contributed by atoms with van der Waals surface area (Å²) in [6.45, 7) is 10.9. The summed E-state index contributed by atoms with van der Waals surface area (Å²) in [6, 6.07) is 0. The van der Waals surface area contributed by atoms with E-state index < -0.39 is 0 Å². The van der Waals surface area contributed by atoms with Gasteiger partial charge in [-0.25, -0.2) is 0 Å². The van der Waals surface area contributed by atoms with Crippen LogP contribution in [0.4, 0.5) is 11.4 Å². The molecular formula is C16H29N3O2. The number of piperazine rings is 1. The Morgan fingerprint density at radius 2 is 1.71 bits per heavy atom. The van der Waals surface area contributed by atoms with Gasteiger partial charge in [-0.3, -0.25) is 9.59 Å². The minimum Gasteiger partial charge on any atom is -0.380 e. The van der Waals surface area contributed by atoms with E-state index in [2.05, 4.69) is 42.9 Å². The number of anilines is 2. The lowest BCUT2D eigenvalue weighted by atomic mass is 9.90. The molecule has 0 amide bonds. The van der Waals surface area contributed by atoms with E-state index in [4.69, 9.17) is 0 Å². The van der Waals surface area contributed by atoms with Gasteiger partial charge in [0.25, 0.3) is 10.9 Å². The van der Waals surface area contributed by atoms with Gasteiger partial charge in [0.2, 0.25) is 0 Å². The highest BCUT2D eigenvalue weighted by molar-refractivity contribution is 5.75. The van der Waals surface area contributed by atoms with Crippen molar-refractivity contribution in [2.45, 2.75) is 33.6 Å². The van der Waals surface area contributed by atoms with Gasteiger partial charge >= 0.3 is 0 Å². The van der Waals surface area contributed by atoms with Crippen molar-refractivity contribution in [3.8, 4) is 0 Å². The van der Waals surface area contributed by atoms with E-state index in [0.29, 0.717) is 16.8 Å². The molecule has 21 heavy (non-hydrogen) atoms. The van der Waals surface area contributed by atoms with Crippen LogP contribution in [0.15, 0.2) is 9.59 Å². The average molecular weight is 295 g/mol. The van der Waals surface area contributed by atoms with E-state index >= 15 is 0 Å². The highest BCUT2D eigenvalue weighted by Gasteiger charge is 2.27. The van der Waals surface area contributed by atoms with Crippen LogP contribution in [0.5, 0.6) is 0 Å². The monoisotopic (exact) mass is 295 g/mol. The molecule has 0 atom stereocenters. The van der Waals surface area contributed by atoms with Gasteiger partial charge in [0, 0.05) is 34.2 Å². The molecule has 1 heterocycles. The summed E-state index contributed by atoms with van der Waals surface area (Å²) < 4.78 is 0. The molecule has 120 valence electrons. The van der Waals surface area contributed by atoms with Crippen molar-refractivity contribution in [3.05, 3.63) is 20.4 Å². The minimum atomic E-state index is -0.348. The second-order valence-corrected chi connectivity index (χ2v) is 7.26. The third kappa shape index (κ3) is 3.84. The number of hydrogen-bond acceptors (Lipinski definition) is 5. The molecule has 1 aromatic rings. The van der Waals surface area contributed by atoms with Gasteiger partial charge in [0.15, 0.2) is 0 Å². The molecule has 0 saturated carbocycles. The zero-order valence-corrected chi connectivity index (χ0v) is 13.7. The first kappa shape index (κ1) is 16.0. The number of nitrogens with zero attached hydrogens (tertiary/aromatic N) is 2. The maximum Gasteiger partial charge on any atom is 0.253 e. The second kappa shape index (κ2) is 6.18. The Balaban J connectivity index is 0.00000242.